The molecule has 0 aromatic heterocycles. The van der Waals surface area contributed by atoms with Gasteiger partial charge in [0.05, 0.1) is 0 Å². The molecule has 4 aliphatic heterocycles. The molecule has 1 atom stereocenters. The molecule has 0 aliphatic carbocycles. The number of amides is 3. The van der Waals surface area contributed by atoms with E-state index >= 15 is 0 Å². The summed E-state index contributed by atoms with van der Waals surface area (Å²) in [6.07, 6.45) is 5.81. The summed E-state index contributed by atoms with van der Waals surface area (Å²) >= 11 is 0. The Balaban J connectivity index is 1.13. The summed E-state index contributed by atoms with van der Waals surface area (Å²) in [4.78, 5) is 43.7. The number of hydrogen-bond acceptors (Lipinski definition) is 6. The smallest absolute Gasteiger partial charge is 0.255 e. The lowest BCUT2D eigenvalue weighted by Crippen LogP contribution is -2.52. The normalized spacial score (nSPS) is 25.0. The maximum Gasteiger partial charge on any atom is 0.255 e. The van der Waals surface area contributed by atoms with Crippen LogP contribution in [-0.2, 0) is 22.7 Å². The van der Waals surface area contributed by atoms with Gasteiger partial charge in [0.2, 0.25) is 11.8 Å². The van der Waals surface area contributed by atoms with E-state index in [1.807, 2.05) is 12.1 Å². The molecule has 1 unspecified atom stereocenters. The molecule has 1 aromatic carbocycles. The quantitative estimate of drug-likeness (QED) is 0.589. The Labute approximate surface area is 202 Å². The summed E-state index contributed by atoms with van der Waals surface area (Å²) in [5.74, 6) is 0.135. The number of likely N-dealkylation sites (tertiary alicyclic amines) is 1. The first-order chi connectivity index (χ1) is 16.6. The van der Waals surface area contributed by atoms with E-state index in [9.17, 15) is 14.4 Å². The maximum absolute atomic E-state index is 13.1. The van der Waals surface area contributed by atoms with E-state index in [1.165, 1.54) is 50.9 Å². The molecule has 4 heterocycles. The van der Waals surface area contributed by atoms with Crippen molar-refractivity contribution in [2.75, 3.05) is 45.8 Å². The van der Waals surface area contributed by atoms with Crippen molar-refractivity contribution in [1.82, 2.24) is 25.3 Å². The van der Waals surface area contributed by atoms with Crippen molar-refractivity contribution >= 4 is 17.7 Å². The molecule has 1 aromatic rings. The van der Waals surface area contributed by atoms with Crippen molar-refractivity contribution in [2.45, 2.75) is 57.7 Å². The van der Waals surface area contributed by atoms with Crippen LogP contribution >= 0.6 is 0 Å². The predicted octanol–water partition coefficient (Wildman–Crippen LogP) is 1.35. The minimum Gasteiger partial charge on any atom is -0.322 e. The lowest BCUT2D eigenvalue weighted by Gasteiger charge is -2.33. The van der Waals surface area contributed by atoms with E-state index in [0.29, 0.717) is 18.5 Å². The third kappa shape index (κ3) is 5.19. The highest BCUT2D eigenvalue weighted by Crippen LogP contribution is 2.31. The van der Waals surface area contributed by atoms with Crippen molar-refractivity contribution in [1.29, 1.82) is 0 Å². The van der Waals surface area contributed by atoms with Crippen LogP contribution in [0.2, 0.25) is 0 Å². The van der Waals surface area contributed by atoms with Crippen LogP contribution in [-0.4, -0.2) is 84.3 Å². The second-order valence-corrected chi connectivity index (χ2v) is 10.3. The van der Waals surface area contributed by atoms with Gasteiger partial charge >= 0.3 is 0 Å². The highest BCUT2D eigenvalue weighted by Gasteiger charge is 2.39. The summed E-state index contributed by atoms with van der Waals surface area (Å²) in [5.41, 5.74) is 2.96. The van der Waals surface area contributed by atoms with Gasteiger partial charge in [0.15, 0.2) is 0 Å². The van der Waals surface area contributed by atoms with Gasteiger partial charge in [-0.05, 0) is 74.8 Å². The highest BCUT2D eigenvalue weighted by molar-refractivity contribution is 6.05. The molecule has 2 N–H and O–H groups in total. The van der Waals surface area contributed by atoms with E-state index < -0.39 is 6.04 Å². The summed E-state index contributed by atoms with van der Waals surface area (Å²) in [7, 11) is 0. The van der Waals surface area contributed by atoms with Gasteiger partial charge in [0.25, 0.3) is 5.91 Å². The molecule has 3 amide bonds. The molecule has 4 aliphatic rings. The molecule has 5 rings (SSSR count). The van der Waals surface area contributed by atoms with Gasteiger partial charge in [-0.2, -0.15) is 0 Å². The average molecular weight is 468 g/mol. The topological polar surface area (TPSA) is 85.0 Å². The van der Waals surface area contributed by atoms with Gasteiger partial charge in [-0.15, -0.1) is 0 Å². The summed E-state index contributed by atoms with van der Waals surface area (Å²) < 4.78 is 0. The number of benzene rings is 1. The molecular weight excluding hydrogens is 430 g/mol. The van der Waals surface area contributed by atoms with E-state index in [2.05, 4.69) is 26.5 Å². The first-order valence-electron chi connectivity index (χ1n) is 13.0. The summed E-state index contributed by atoms with van der Waals surface area (Å²) in [6.45, 7) is 9.37. The zero-order valence-electron chi connectivity index (χ0n) is 20.1. The largest absolute Gasteiger partial charge is 0.322 e. The molecule has 8 heteroatoms. The number of carbonyl (C=O) groups excluding carboxylic acids is 3. The standard InChI is InChI=1S/C26H37N5O3/c32-24-7-6-23(25(33)28-24)31-18-22-20(4-1-5-21(22)26(31)34)17-30-13-8-19(9-14-30)3-2-12-29-15-10-27-11-16-29/h1,4-5,19,23,27H,2-3,6-18H2,(H,28,32,33). The SMILES string of the molecule is O=C1CCC(N2Cc3c(CN4CCC(CCCN5CCNCC5)CC4)cccc3C2=O)C(=O)N1. The number of piperidine rings is 2. The Morgan fingerprint density at radius 1 is 0.941 bits per heavy atom. The predicted molar refractivity (Wildman–Crippen MR) is 129 cm³/mol. The Bertz CT molecular complexity index is 921. The zero-order valence-corrected chi connectivity index (χ0v) is 20.1. The summed E-state index contributed by atoms with van der Waals surface area (Å²) in [6, 6.07) is 5.41. The lowest BCUT2D eigenvalue weighted by molar-refractivity contribution is -0.136. The van der Waals surface area contributed by atoms with Gasteiger partial charge < -0.3 is 15.1 Å². The number of fused-ring (bicyclic) bond motifs is 1. The second-order valence-electron chi connectivity index (χ2n) is 10.3. The van der Waals surface area contributed by atoms with Crippen molar-refractivity contribution in [3.63, 3.8) is 0 Å². The van der Waals surface area contributed by atoms with E-state index in [1.54, 1.807) is 4.90 Å². The zero-order chi connectivity index (χ0) is 23.5. The van der Waals surface area contributed by atoms with E-state index in [4.69, 9.17) is 0 Å². The number of nitrogens with zero attached hydrogens (tertiary/aromatic N) is 3. The van der Waals surface area contributed by atoms with Gasteiger partial charge in [0, 0.05) is 51.3 Å². The molecule has 8 nitrogen and oxygen atoms in total. The maximum atomic E-state index is 13.1. The molecule has 0 bridgehead atoms. The molecule has 0 spiro atoms. The molecular formula is C26H37N5O3. The Morgan fingerprint density at radius 3 is 2.50 bits per heavy atom. The van der Waals surface area contributed by atoms with Crippen LogP contribution in [0.4, 0.5) is 0 Å². The molecule has 184 valence electrons. The number of carbonyl (C=O) groups is 3. The Morgan fingerprint density at radius 2 is 1.74 bits per heavy atom. The first kappa shape index (κ1) is 23.5. The lowest BCUT2D eigenvalue weighted by atomic mass is 9.91. The minimum atomic E-state index is -0.553. The van der Waals surface area contributed by atoms with Crippen LogP contribution in [0.5, 0.6) is 0 Å². The monoisotopic (exact) mass is 467 g/mol. The number of piperazine rings is 1. The van der Waals surface area contributed by atoms with Crippen LogP contribution in [0.3, 0.4) is 0 Å². The van der Waals surface area contributed by atoms with Crippen molar-refractivity contribution < 1.29 is 14.4 Å². The number of rotatable bonds is 7. The van der Waals surface area contributed by atoms with Gasteiger partial charge in [0.1, 0.15) is 6.04 Å². The van der Waals surface area contributed by atoms with Crippen LogP contribution in [0, 0.1) is 5.92 Å². The van der Waals surface area contributed by atoms with Crippen LogP contribution in [0.15, 0.2) is 18.2 Å². The average Bonchev–Trinajstić information content (AvgIpc) is 3.18. The fourth-order valence-electron chi connectivity index (χ4n) is 6.01. The van der Waals surface area contributed by atoms with E-state index in [0.717, 1.165) is 44.2 Å². The van der Waals surface area contributed by atoms with Crippen LogP contribution < -0.4 is 10.6 Å². The number of hydrogen-bond donors (Lipinski definition) is 2. The van der Waals surface area contributed by atoms with Crippen LogP contribution in [0.25, 0.3) is 0 Å². The fraction of sp³-hybridized carbons (Fsp3) is 0.654. The Kier molecular flexibility index (Phi) is 7.27. The number of imide groups is 1. The van der Waals surface area contributed by atoms with Gasteiger partial charge in [-0.1, -0.05) is 12.1 Å². The molecule has 3 saturated heterocycles. The highest BCUT2D eigenvalue weighted by atomic mass is 16.2. The fourth-order valence-corrected chi connectivity index (χ4v) is 6.01. The molecule has 0 radical (unpaired) electrons. The third-order valence-electron chi connectivity index (χ3n) is 8.08. The Hall–Kier alpha value is -2.29. The second kappa shape index (κ2) is 10.5. The molecule has 34 heavy (non-hydrogen) atoms. The van der Waals surface area contributed by atoms with Gasteiger partial charge in [-0.3, -0.25) is 24.6 Å². The minimum absolute atomic E-state index is 0.0884. The van der Waals surface area contributed by atoms with Crippen molar-refractivity contribution in [3.05, 3.63) is 34.9 Å². The number of nitrogens with one attached hydrogen (secondary N) is 2. The summed E-state index contributed by atoms with van der Waals surface area (Å²) in [5, 5.41) is 5.81. The van der Waals surface area contributed by atoms with Crippen molar-refractivity contribution in [2.24, 2.45) is 5.92 Å². The van der Waals surface area contributed by atoms with E-state index in [-0.39, 0.29) is 24.1 Å². The first-order valence-corrected chi connectivity index (χ1v) is 13.0. The van der Waals surface area contributed by atoms with Crippen molar-refractivity contribution in [3.8, 4) is 0 Å². The van der Waals surface area contributed by atoms with Gasteiger partial charge in [-0.25, -0.2) is 0 Å². The van der Waals surface area contributed by atoms with Crippen LogP contribution in [0.1, 0.15) is 60.0 Å². The third-order valence-corrected chi connectivity index (χ3v) is 8.08. The molecule has 3 fully saturated rings. The molecule has 0 saturated carbocycles.